The summed E-state index contributed by atoms with van der Waals surface area (Å²) < 4.78 is 0. The lowest BCUT2D eigenvalue weighted by Crippen LogP contribution is -2.08. The molecule has 1 aliphatic heterocycles. The lowest BCUT2D eigenvalue weighted by molar-refractivity contribution is 0.885. The van der Waals surface area contributed by atoms with Crippen molar-refractivity contribution >= 4 is 22.3 Å². The molecule has 1 N–H and O–H groups in total. The number of anilines is 1. The molecule has 5 nitrogen and oxygen atoms in total. The first-order valence-corrected chi connectivity index (χ1v) is 10.3. The van der Waals surface area contributed by atoms with Crippen LogP contribution >= 0.6 is 0 Å². The first kappa shape index (κ1) is 19.0. The van der Waals surface area contributed by atoms with Gasteiger partial charge in [-0.2, -0.15) is 5.26 Å². The molecular formula is C26H21N5. The summed E-state index contributed by atoms with van der Waals surface area (Å²) in [4.78, 5) is 13.6. The smallest absolute Gasteiger partial charge is 0.103 e. The highest BCUT2D eigenvalue weighted by Crippen LogP contribution is 2.33. The fraction of sp³-hybridized carbons (Fsp3) is 0.154. The van der Waals surface area contributed by atoms with E-state index in [9.17, 15) is 5.26 Å². The van der Waals surface area contributed by atoms with Gasteiger partial charge in [-0.3, -0.25) is 15.0 Å². The Morgan fingerprint density at radius 2 is 1.84 bits per heavy atom. The molecule has 0 radical (unpaired) electrons. The lowest BCUT2D eigenvalue weighted by atomic mass is 9.99. The summed E-state index contributed by atoms with van der Waals surface area (Å²) >= 11 is 0. The van der Waals surface area contributed by atoms with E-state index >= 15 is 0 Å². The molecule has 150 valence electrons. The van der Waals surface area contributed by atoms with Crippen molar-refractivity contribution in [2.45, 2.75) is 26.4 Å². The molecule has 31 heavy (non-hydrogen) atoms. The molecule has 0 aliphatic carbocycles. The van der Waals surface area contributed by atoms with Gasteiger partial charge in [0.05, 0.1) is 29.0 Å². The van der Waals surface area contributed by atoms with E-state index in [0.717, 1.165) is 50.2 Å². The second-order valence-electron chi connectivity index (χ2n) is 7.79. The summed E-state index contributed by atoms with van der Waals surface area (Å²) in [6, 6.07) is 20.8. The molecule has 3 heterocycles. The predicted octanol–water partition coefficient (Wildman–Crippen LogP) is 5.66. The molecule has 0 saturated heterocycles. The van der Waals surface area contributed by atoms with E-state index < -0.39 is 0 Å². The van der Waals surface area contributed by atoms with Crippen molar-refractivity contribution in [1.82, 2.24) is 9.97 Å². The molecule has 1 atom stereocenters. The van der Waals surface area contributed by atoms with Crippen LogP contribution in [-0.2, 0) is 6.54 Å². The number of pyridine rings is 2. The van der Waals surface area contributed by atoms with Gasteiger partial charge in [0.1, 0.15) is 6.07 Å². The molecule has 0 bridgehead atoms. The van der Waals surface area contributed by atoms with E-state index in [1.165, 1.54) is 0 Å². The van der Waals surface area contributed by atoms with Crippen molar-refractivity contribution in [2.75, 3.05) is 5.32 Å². The van der Waals surface area contributed by atoms with Gasteiger partial charge in [0.15, 0.2) is 0 Å². The van der Waals surface area contributed by atoms with Gasteiger partial charge in [-0.15, -0.1) is 0 Å². The van der Waals surface area contributed by atoms with Crippen molar-refractivity contribution in [1.29, 1.82) is 5.26 Å². The highest BCUT2D eigenvalue weighted by molar-refractivity contribution is 6.03. The number of hydrogen-bond donors (Lipinski definition) is 1. The number of nitrogens with zero attached hydrogens (tertiary/aromatic N) is 4. The number of rotatable bonds is 4. The fourth-order valence-corrected chi connectivity index (χ4v) is 4.02. The molecule has 0 saturated carbocycles. The van der Waals surface area contributed by atoms with E-state index in [1.807, 2.05) is 37.4 Å². The summed E-state index contributed by atoms with van der Waals surface area (Å²) in [5, 5.41) is 14.2. The summed E-state index contributed by atoms with van der Waals surface area (Å²) in [5.74, 6) is 0. The van der Waals surface area contributed by atoms with E-state index in [1.54, 1.807) is 6.20 Å². The van der Waals surface area contributed by atoms with Crippen LogP contribution in [0.4, 0.5) is 5.69 Å². The Hall–Kier alpha value is -4.04. The average Bonchev–Trinajstić information content (AvgIpc) is 3.19. The van der Waals surface area contributed by atoms with Gasteiger partial charge >= 0.3 is 0 Å². The molecule has 1 unspecified atom stereocenters. The number of fused-ring (bicyclic) bond motifs is 2. The maximum Gasteiger partial charge on any atom is 0.103 e. The number of aliphatic imine (C=N–C) groups is 1. The Bertz CT molecular complexity index is 1370. The maximum absolute atomic E-state index is 9.73. The van der Waals surface area contributed by atoms with Gasteiger partial charge in [0.25, 0.3) is 0 Å². The van der Waals surface area contributed by atoms with E-state index in [-0.39, 0.29) is 6.04 Å². The molecule has 2 aromatic heterocycles. The topological polar surface area (TPSA) is 74.0 Å². The van der Waals surface area contributed by atoms with Crippen LogP contribution in [-0.4, -0.2) is 15.7 Å². The van der Waals surface area contributed by atoms with Crippen LogP contribution in [0.5, 0.6) is 0 Å². The minimum atomic E-state index is 0.0445. The van der Waals surface area contributed by atoms with Crippen LogP contribution in [0.25, 0.3) is 22.0 Å². The van der Waals surface area contributed by atoms with Crippen LogP contribution in [0, 0.1) is 11.3 Å². The van der Waals surface area contributed by atoms with Crippen molar-refractivity contribution in [3.05, 3.63) is 89.4 Å². The van der Waals surface area contributed by atoms with Crippen molar-refractivity contribution in [2.24, 2.45) is 4.99 Å². The monoisotopic (exact) mass is 403 g/mol. The van der Waals surface area contributed by atoms with Crippen molar-refractivity contribution < 1.29 is 0 Å². The van der Waals surface area contributed by atoms with Gasteiger partial charge in [-0.25, -0.2) is 0 Å². The zero-order chi connectivity index (χ0) is 21.4. The zero-order valence-electron chi connectivity index (χ0n) is 17.4. The Kier molecular flexibility index (Phi) is 4.68. The van der Waals surface area contributed by atoms with Crippen LogP contribution < -0.4 is 5.32 Å². The largest absolute Gasteiger partial charge is 0.377 e. The minimum absolute atomic E-state index is 0.0445. The molecule has 5 heteroatoms. The standard InChI is InChI=1S/C26H21N5/c1-16(18-6-4-3-5-7-18)31-26-21(12-27)14-29-24-9-8-19(10-23(24)26)20-11-22-17(2)28-15-25(22)30-13-20/h3-11,13-14,16H,15H2,1-2H3,(H,29,31). The fourth-order valence-electron chi connectivity index (χ4n) is 4.02. The van der Waals surface area contributed by atoms with Crippen LogP contribution in [0.2, 0.25) is 0 Å². The van der Waals surface area contributed by atoms with Crippen LogP contribution in [0.15, 0.2) is 72.0 Å². The summed E-state index contributed by atoms with van der Waals surface area (Å²) in [5.41, 5.74) is 8.56. The van der Waals surface area contributed by atoms with Gasteiger partial charge in [-0.1, -0.05) is 36.4 Å². The molecule has 0 fully saturated rings. The first-order valence-electron chi connectivity index (χ1n) is 10.3. The van der Waals surface area contributed by atoms with Crippen LogP contribution in [0.3, 0.4) is 0 Å². The van der Waals surface area contributed by atoms with Gasteiger partial charge in [0, 0.05) is 40.7 Å². The summed E-state index contributed by atoms with van der Waals surface area (Å²) in [7, 11) is 0. The molecule has 5 rings (SSSR count). The molecular weight excluding hydrogens is 382 g/mol. The normalized spacial score (nSPS) is 13.4. The Balaban J connectivity index is 1.61. The average molecular weight is 403 g/mol. The third-order valence-corrected chi connectivity index (χ3v) is 5.81. The molecule has 1 aliphatic rings. The molecule has 0 spiro atoms. The quantitative estimate of drug-likeness (QED) is 0.477. The molecule has 0 amide bonds. The Morgan fingerprint density at radius 3 is 2.65 bits per heavy atom. The Morgan fingerprint density at radius 1 is 1.00 bits per heavy atom. The Labute approximate surface area is 181 Å². The SMILES string of the molecule is CC1=NCc2ncc(-c3ccc4ncc(C#N)c(NC(C)c5ccccc5)c4c3)cc21. The second-order valence-corrected chi connectivity index (χ2v) is 7.79. The van der Waals surface area contributed by atoms with E-state index in [2.05, 4.69) is 63.6 Å². The second kappa shape index (κ2) is 7.66. The van der Waals surface area contributed by atoms with Crippen molar-refractivity contribution in [3.63, 3.8) is 0 Å². The predicted molar refractivity (Wildman–Crippen MR) is 124 cm³/mol. The van der Waals surface area contributed by atoms with Gasteiger partial charge in [0.2, 0.25) is 0 Å². The summed E-state index contributed by atoms with van der Waals surface area (Å²) in [6.45, 7) is 4.77. The number of aromatic nitrogens is 2. The molecule has 4 aromatic rings. The highest BCUT2D eigenvalue weighted by Gasteiger charge is 2.16. The first-order chi connectivity index (χ1) is 15.1. The number of nitrogens with one attached hydrogen (secondary N) is 1. The maximum atomic E-state index is 9.73. The van der Waals surface area contributed by atoms with Crippen molar-refractivity contribution in [3.8, 4) is 17.2 Å². The summed E-state index contributed by atoms with van der Waals surface area (Å²) in [6.07, 6.45) is 3.54. The van der Waals surface area contributed by atoms with E-state index in [0.29, 0.717) is 12.1 Å². The minimum Gasteiger partial charge on any atom is -0.377 e. The number of hydrogen-bond acceptors (Lipinski definition) is 5. The third-order valence-electron chi connectivity index (χ3n) is 5.81. The van der Waals surface area contributed by atoms with Gasteiger partial charge < -0.3 is 5.32 Å². The zero-order valence-corrected chi connectivity index (χ0v) is 17.4. The van der Waals surface area contributed by atoms with Crippen LogP contribution in [0.1, 0.15) is 42.3 Å². The van der Waals surface area contributed by atoms with E-state index in [4.69, 9.17) is 0 Å². The van der Waals surface area contributed by atoms with Gasteiger partial charge in [-0.05, 0) is 43.2 Å². The lowest BCUT2D eigenvalue weighted by Gasteiger charge is -2.19. The number of benzene rings is 2. The number of nitriles is 1. The molecule has 2 aromatic carbocycles. The third kappa shape index (κ3) is 3.43. The highest BCUT2D eigenvalue weighted by atomic mass is 14.9.